The van der Waals surface area contributed by atoms with E-state index in [1.807, 2.05) is 24.3 Å². The van der Waals surface area contributed by atoms with Crippen LogP contribution in [0.25, 0.3) is 10.4 Å². The monoisotopic (exact) mass is 321 g/mol. The molecule has 5 heteroatoms. The van der Waals surface area contributed by atoms with Crippen molar-refractivity contribution in [1.29, 1.82) is 5.26 Å². The second kappa shape index (κ2) is 4.63. The maximum absolute atomic E-state index is 8.96. The first-order chi connectivity index (χ1) is 8.78. The second-order valence-electron chi connectivity index (χ2n) is 3.76. The third-order valence-corrected chi connectivity index (χ3v) is 4.59. The Morgan fingerprint density at radius 3 is 2.67 bits per heavy atom. The third-order valence-electron chi connectivity index (χ3n) is 2.61. The molecule has 1 aromatic heterocycles. The van der Waals surface area contributed by atoms with Crippen LogP contribution in [0, 0.1) is 11.3 Å². The molecular weight excluding hydrogens is 314 g/mol. The van der Waals surface area contributed by atoms with Crippen molar-refractivity contribution in [1.82, 2.24) is 0 Å². The molecule has 0 saturated carbocycles. The van der Waals surface area contributed by atoms with Crippen molar-refractivity contribution in [2.75, 3.05) is 13.2 Å². The maximum Gasteiger partial charge on any atom is 0.162 e. The molecular formula is C13H8BrNO2S. The topological polar surface area (TPSA) is 42.2 Å². The average molecular weight is 322 g/mol. The Labute approximate surface area is 117 Å². The minimum atomic E-state index is 0.577. The molecule has 0 amide bonds. The van der Waals surface area contributed by atoms with Gasteiger partial charge in [-0.25, -0.2) is 0 Å². The number of fused-ring (bicyclic) bond motifs is 1. The van der Waals surface area contributed by atoms with E-state index in [-0.39, 0.29) is 0 Å². The molecule has 0 unspecified atom stereocenters. The number of thiophene rings is 1. The predicted molar refractivity (Wildman–Crippen MR) is 73.2 cm³/mol. The van der Waals surface area contributed by atoms with Gasteiger partial charge in [0.15, 0.2) is 11.5 Å². The summed E-state index contributed by atoms with van der Waals surface area (Å²) in [5.41, 5.74) is 1.03. The molecule has 0 bridgehead atoms. The lowest BCUT2D eigenvalue weighted by molar-refractivity contribution is 0.171. The fourth-order valence-electron chi connectivity index (χ4n) is 1.78. The van der Waals surface area contributed by atoms with Crippen LogP contribution < -0.4 is 9.47 Å². The van der Waals surface area contributed by atoms with E-state index in [2.05, 4.69) is 22.0 Å². The summed E-state index contributed by atoms with van der Waals surface area (Å²) in [5, 5.41) is 8.96. The van der Waals surface area contributed by atoms with Crippen molar-refractivity contribution >= 4 is 27.3 Å². The Hall–Kier alpha value is -1.51. The van der Waals surface area contributed by atoms with E-state index < -0.39 is 0 Å². The summed E-state index contributed by atoms with van der Waals surface area (Å²) in [6.07, 6.45) is 0. The quantitative estimate of drug-likeness (QED) is 0.801. The molecule has 90 valence electrons. The Balaban J connectivity index is 2.04. The van der Waals surface area contributed by atoms with E-state index in [1.54, 1.807) is 0 Å². The highest BCUT2D eigenvalue weighted by molar-refractivity contribution is 9.10. The van der Waals surface area contributed by atoms with Crippen molar-refractivity contribution in [3.8, 4) is 28.0 Å². The molecule has 1 aliphatic heterocycles. The molecule has 0 aliphatic carbocycles. The number of halogens is 1. The highest BCUT2D eigenvalue weighted by Crippen LogP contribution is 2.39. The van der Waals surface area contributed by atoms with Gasteiger partial charge in [-0.3, -0.25) is 0 Å². The van der Waals surface area contributed by atoms with E-state index in [9.17, 15) is 0 Å². The van der Waals surface area contributed by atoms with Gasteiger partial charge < -0.3 is 9.47 Å². The van der Waals surface area contributed by atoms with Gasteiger partial charge in [0.2, 0.25) is 0 Å². The average Bonchev–Trinajstić information content (AvgIpc) is 2.79. The number of hydrogen-bond acceptors (Lipinski definition) is 4. The molecule has 0 atom stereocenters. The molecule has 0 radical (unpaired) electrons. The molecule has 1 aliphatic rings. The van der Waals surface area contributed by atoms with Gasteiger partial charge in [0.05, 0.1) is 0 Å². The lowest BCUT2D eigenvalue weighted by Gasteiger charge is -2.18. The number of nitrogens with zero attached hydrogens (tertiary/aromatic N) is 1. The first kappa shape index (κ1) is 11.6. The zero-order valence-electron chi connectivity index (χ0n) is 9.27. The summed E-state index contributed by atoms with van der Waals surface area (Å²) in [7, 11) is 0. The highest BCUT2D eigenvalue weighted by Gasteiger charge is 2.14. The van der Waals surface area contributed by atoms with Crippen molar-refractivity contribution in [3.63, 3.8) is 0 Å². The predicted octanol–water partition coefficient (Wildman–Crippen LogP) is 3.82. The van der Waals surface area contributed by atoms with Crippen LogP contribution in [0.15, 0.2) is 28.7 Å². The Morgan fingerprint density at radius 2 is 1.94 bits per heavy atom. The zero-order valence-corrected chi connectivity index (χ0v) is 11.7. The van der Waals surface area contributed by atoms with Crippen LogP contribution in [-0.2, 0) is 0 Å². The largest absolute Gasteiger partial charge is 0.486 e. The standard InChI is InChI=1S/C13H8BrNO2S/c14-9-6-12(18-13(9)7-15)8-1-2-10-11(5-8)17-4-3-16-10/h1-2,5-6H,3-4H2. The first-order valence-corrected chi connectivity index (χ1v) is 6.98. The maximum atomic E-state index is 8.96. The molecule has 2 heterocycles. The fraction of sp³-hybridized carbons (Fsp3) is 0.154. The summed E-state index contributed by atoms with van der Waals surface area (Å²) in [6.45, 7) is 1.17. The second-order valence-corrected chi connectivity index (χ2v) is 5.66. The number of rotatable bonds is 1. The fourth-order valence-corrected chi connectivity index (χ4v) is 3.34. The minimum absolute atomic E-state index is 0.577. The van der Waals surface area contributed by atoms with E-state index in [0.29, 0.717) is 18.1 Å². The van der Waals surface area contributed by atoms with Crippen LogP contribution in [0.4, 0.5) is 0 Å². The molecule has 3 rings (SSSR count). The van der Waals surface area contributed by atoms with Crippen molar-refractivity contribution in [2.24, 2.45) is 0 Å². The van der Waals surface area contributed by atoms with Gasteiger partial charge in [0.1, 0.15) is 24.2 Å². The molecule has 0 fully saturated rings. The van der Waals surface area contributed by atoms with Gasteiger partial charge >= 0.3 is 0 Å². The van der Waals surface area contributed by atoms with Crippen molar-refractivity contribution < 1.29 is 9.47 Å². The lowest BCUT2D eigenvalue weighted by Crippen LogP contribution is -2.15. The smallest absolute Gasteiger partial charge is 0.162 e. The van der Waals surface area contributed by atoms with Crippen LogP contribution in [-0.4, -0.2) is 13.2 Å². The molecule has 2 aromatic rings. The molecule has 0 saturated heterocycles. The Kier molecular flexibility index (Phi) is 2.98. The normalized spacial score (nSPS) is 13.1. The number of nitriles is 1. The molecule has 18 heavy (non-hydrogen) atoms. The van der Waals surface area contributed by atoms with E-state index >= 15 is 0 Å². The van der Waals surface area contributed by atoms with Crippen LogP contribution in [0.5, 0.6) is 11.5 Å². The van der Waals surface area contributed by atoms with Crippen LogP contribution in [0.2, 0.25) is 0 Å². The summed E-state index contributed by atoms with van der Waals surface area (Å²) < 4.78 is 11.9. The van der Waals surface area contributed by atoms with Gasteiger partial charge in [-0.2, -0.15) is 5.26 Å². The van der Waals surface area contributed by atoms with Crippen molar-refractivity contribution in [3.05, 3.63) is 33.6 Å². The van der Waals surface area contributed by atoms with Gasteiger partial charge in [-0.15, -0.1) is 11.3 Å². The highest BCUT2D eigenvalue weighted by atomic mass is 79.9. The first-order valence-electron chi connectivity index (χ1n) is 5.37. The summed E-state index contributed by atoms with van der Waals surface area (Å²) in [6, 6.07) is 9.95. The minimum Gasteiger partial charge on any atom is -0.486 e. The third kappa shape index (κ3) is 1.98. The number of hydrogen-bond donors (Lipinski definition) is 0. The number of benzene rings is 1. The van der Waals surface area contributed by atoms with E-state index in [0.717, 1.165) is 26.4 Å². The molecule has 0 N–H and O–H groups in total. The van der Waals surface area contributed by atoms with Crippen LogP contribution >= 0.6 is 27.3 Å². The van der Waals surface area contributed by atoms with Gasteiger partial charge in [0.25, 0.3) is 0 Å². The SMILES string of the molecule is N#Cc1sc(-c2ccc3c(c2)OCCO3)cc1Br. The summed E-state index contributed by atoms with van der Waals surface area (Å²) in [4.78, 5) is 1.72. The van der Waals surface area contributed by atoms with Crippen LogP contribution in [0.3, 0.4) is 0 Å². The summed E-state index contributed by atoms with van der Waals surface area (Å²) >= 11 is 4.84. The lowest BCUT2D eigenvalue weighted by atomic mass is 10.1. The van der Waals surface area contributed by atoms with Crippen LogP contribution in [0.1, 0.15) is 4.88 Å². The zero-order chi connectivity index (χ0) is 12.5. The Morgan fingerprint density at radius 1 is 1.17 bits per heavy atom. The van der Waals surface area contributed by atoms with Gasteiger partial charge in [-0.1, -0.05) is 0 Å². The molecule has 3 nitrogen and oxygen atoms in total. The van der Waals surface area contributed by atoms with Gasteiger partial charge in [0, 0.05) is 9.35 Å². The van der Waals surface area contributed by atoms with Gasteiger partial charge in [-0.05, 0) is 45.8 Å². The molecule has 1 aromatic carbocycles. The van der Waals surface area contributed by atoms with E-state index in [1.165, 1.54) is 11.3 Å². The molecule has 0 spiro atoms. The Bertz CT molecular complexity index is 645. The summed E-state index contributed by atoms with van der Waals surface area (Å²) in [5.74, 6) is 1.54. The van der Waals surface area contributed by atoms with Crippen molar-refractivity contribution in [2.45, 2.75) is 0 Å². The van der Waals surface area contributed by atoms with E-state index in [4.69, 9.17) is 14.7 Å². The number of ether oxygens (including phenoxy) is 2.